The number of hydrogen-bond acceptors (Lipinski definition) is 2. The Morgan fingerprint density at radius 2 is 1.50 bits per heavy atom. The van der Waals surface area contributed by atoms with Gasteiger partial charge in [0.15, 0.2) is 6.29 Å². The van der Waals surface area contributed by atoms with E-state index in [4.69, 9.17) is 0 Å². The molecule has 1 unspecified atom stereocenters. The first-order valence-corrected chi connectivity index (χ1v) is 11.4. The van der Waals surface area contributed by atoms with Gasteiger partial charge in [-0.15, -0.1) is 0 Å². The van der Waals surface area contributed by atoms with Crippen molar-refractivity contribution < 1.29 is 4.79 Å². The summed E-state index contributed by atoms with van der Waals surface area (Å²) in [5.41, 5.74) is 2.52. The molecule has 3 nitrogen and oxygen atoms in total. The first kappa shape index (κ1) is 28.6. The van der Waals surface area contributed by atoms with Crippen LogP contribution in [0, 0.1) is 5.92 Å². The van der Waals surface area contributed by atoms with E-state index in [1.165, 1.54) is 32.1 Å². The molecular weight excluding hydrogens is 344 g/mol. The van der Waals surface area contributed by atoms with Gasteiger partial charge in [-0.05, 0) is 24.5 Å². The lowest BCUT2D eigenvalue weighted by atomic mass is 10.0. The highest BCUT2D eigenvalue weighted by Gasteiger charge is 2.15. The average Bonchev–Trinajstić information content (AvgIpc) is 3.12. The molecule has 0 saturated heterocycles. The zero-order valence-corrected chi connectivity index (χ0v) is 20.1. The van der Waals surface area contributed by atoms with Crippen molar-refractivity contribution in [1.29, 1.82) is 0 Å². The SMILES string of the molecule is CC.CCC(C)C.CCC(C)c1nn2ccccc2c1C=O.CCCCCC. The molecule has 0 amide bonds. The van der Waals surface area contributed by atoms with E-state index in [9.17, 15) is 4.79 Å². The monoisotopic (exact) mass is 390 g/mol. The molecule has 0 spiro atoms. The molecule has 0 aliphatic rings. The number of unbranched alkanes of at least 4 members (excludes halogenated alkanes) is 3. The number of hydrogen-bond donors (Lipinski definition) is 0. The Balaban J connectivity index is 0. The second kappa shape index (κ2) is 18.7. The fourth-order valence-corrected chi connectivity index (χ4v) is 2.21. The third-order valence-electron chi connectivity index (χ3n) is 4.58. The molecule has 2 aromatic heterocycles. The van der Waals surface area contributed by atoms with Crippen molar-refractivity contribution in [2.45, 2.75) is 107 Å². The Hall–Kier alpha value is -1.64. The molecule has 2 rings (SSSR count). The molecule has 0 aliphatic heterocycles. The fraction of sp³-hybridized carbons (Fsp3) is 0.680. The Morgan fingerprint density at radius 3 is 1.89 bits per heavy atom. The van der Waals surface area contributed by atoms with Crippen LogP contribution in [-0.2, 0) is 0 Å². The first-order valence-electron chi connectivity index (χ1n) is 11.4. The topological polar surface area (TPSA) is 34.4 Å². The number of carbonyl (C=O) groups excluding carboxylic acids is 1. The van der Waals surface area contributed by atoms with E-state index in [0.29, 0.717) is 5.92 Å². The zero-order valence-electron chi connectivity index (χ0n) is 20.1. The maximum absolute atomic E-state index is 11.1. The number of carbonyl (C=O) groups is 1. The maximum atomic E-state index is 11.1. The molecule has 0 N–H and O–H groups in total. The number of pyridine rings is 1. The fourth-order valence-electron chi connectivity index (χ4n) is 2.21. The van der Waals surface area contributed by atoms with Crippen LogP contribution in [0.5, 0.6) is 0 Å². The van der Waals surface area contributed by atoms with Crippen LogP contribution < -0.4 is 0 Å². The van der Waals surface area contributed by atoms with Crippen molar-refractivity contribution in [3.63, 3.8) is 0 Å². The summed E-state index contributed by atoms with van der Waals surface area (Å²) in [4.78, 5) is 11.1. The number of nitrogens with zero attached hydrogens (tertiary/aromatic N) is 2. The minimum atomic E-state index is 0.324. The van der Waals surface area contributed by atoms with E-state index in [-0.39, 0.29) is 0 Å². The number of aldehydes is 1. The van der Waals surface area contributed by atoms with E-state index in [1.54, 1.807) is 4.52 Å². The third kappa shape index (κ3) is 11.3. The van der Waals surface area contributed by atoms with Crippen molar-refractivity contribution in [2.75, 3.05) is 0 Å². The highest BCUT2D eigenvalue weighted by Crippen LogP contribution is 2.23. The van der Waals surface area contributed by atoms with E-state index in [1.807, 2.05) is 38.2 Å². The lowest BCUT2D eigenvalue weighted by molar-refractivity contribution is 0.112. The van der Waals surface area contributed by atoms with Gasteiger partial charge in [-0.25, -0.2) is 4.52 Å². The van der Waals surface area contributed by atoms with Gasteiger partial charge in [0.2, 0.25) is 0 Å². The van der Waals surface area contributed by atoms with Crippen molar-refractivity contribution in [2.24, 2.45) is 5.92 Å². The van der Waals surface area contributed by atoms with Gasteiger partial charge >= 0.3 is 0 Å². The molecule has 0 radical (unpaired) electrons. The summed E-state index contributed by atoms with van der Waals surface area (Å²) in [6.45, 7) is 19.3. The molecule has 0 saturated carbocycles. The summed E-state index contributed by atoms with van der Waals surface area (Å²) in [7, 11) is 0. The quantitative estimate of drug-likeness (QED) is 0.352. The van der Waals surface area contributed by atoms with Crippen LogP contribution in [-0.4, -0.2) is 15.9 Å². The summed E-state index contributed by atoms with van der Waals surface area (Å²) in [5.74, 6) is 1.21. The van der Waals surface area contributed by atoms with Crippen LogP contribution in [0.1, 0.15) is 123 Å². The van der Waals surface area contributed by atoms with Gasteiger partial charge in [0.05, 0.1) is 16.8 Å². The predicted molar refractivity (Wildman–Crippen MR) is 126 cm³/mol. The summed E-state index contributed by atoms with van der Waals surface area (Å²) in [5, 5.41) is 4.44. The third-order valence-corrected chi connectivity index (χ3v) is 4.58. The summed E-state index contributed by atoms with van der Waals surface area (Å²) >= 11 is 0. The largest absolute Gasteiger partial charge is 0.298 e. The molecule has 0 aliphatic carbocycles. The molecular formula is C25H46N2O. The first-order chi connectivity index (χ1) is 13.5. The minimum absolute atomic E-state index is 0.324. The Morgan fingerprint density at radius 1 is 0.964 bits per heavy atom. The molecule has 2 heterocycles. The van der Waals surface area contributed by atoms with E-state index in [2.05, 4.69) is 53.6 Å². The highest BCUT2D eigenvalue weighted by atomic mass is 16.1. The van der Waals surface area contributed by atoms with Gasteiger partial charge in [0, 0.05) is 12.1 Å². The minimum Gasteiger partial charge on any atom is -0.298 e. The molecule has 0 fully saturated rings. The van der Waals surface area contributed by atoms with E-state index in [0.717, 1.165) is 35.4 Å². The molecule has 1 atom stereocenters. The van der Waals surface area contributed by atoms with Gasteiger partial charge < -0.3 is 0 Å². The molecule has 0 bridgehead atoms. The van der Waals surface area contributed by atoms with Gasteiger partial charge in [-0.2, -0.15) is 5.10 Å². The molecule has 3 heteroatoms. The summed E-state index contributed by atoms with van der Waals surface area (Å²) < 4.78 is 1.77. The van der Waals surface area contributed by atoms with Gasteiger partial charge in [-0.3, -0.25) is 4.79 Å². The standard InChI is InChI=1S/C12H14N2O.C6H14.C5H12.C2H6/c1-3-9(2)12-10(8-15)11-6-4-5-7-14(11)13-12;1-3-5-6-4-2;1-4-5(2)3;1-2/h4-9H,3H2,1-2H3;3-6H2,1-2H3;5H,4H2,1-3H3;1-2H3. The number of fused-ring (bicyclic) bond motifs is 1. The molecule has 0 aromatic carbocycles. The number of rotatable bonds is 7. The second-order valence-electron chi connectivity index (χ2n) is 7.27. The average molecular weight is 391 g/mol. The van der Waals surface area contributed by atoms with Gasteiger partial charge in [-0.1, -0.05) is 100 Å². The zero-order chi connectivity index (χ0) is 21.9. The van der Waals surface area contributed by atoms with Crippen molar-refractivity contribution in [3.8, 4) is 0 Å². The normalized spacial score (nSPS) is 10.8. The van der Waals surface area contributed by atoms with Crippen LogP contribution in [0.3, 0.4) is 0 Å². The maximum Gasteiger partial charge on any atom is 0.154 e. The Bertz CT molecular complexity index is 598. The molecule has 28 heavy (non-hydrogen) atoms. The Kier molecular flexibility index (Phi) is 19.1. The van der Waals surface area contributed by atoms with E-state index < -0.39 is 0 Å². The van der Waals surface area contributed by atoms with Crippen LogP contribution in [0.4, 0.5) is 0 Å². The van der Waals surface area contributed by atoms with Crippen LogP contribution in [0.25, 0.3) is 5.52 Å². The lowest BCUT2D eigenvalue weighted by Crippen LogP contribution is -1.96. The lowest BCUT2D eigenvalue weighted by Gasteiger charge is -2.03. The van der Waals surface area contributed by atoms with Gasteiger partial charge in [0.25, 0.3) is 0 Å². The number of aromatic nitrogens is 2. The summed E-state index contributed by atoms with van der Waals surface area (Å²) in [6, 6.07) is 5.75. The van der Waals surface area contributed by atoms with Crippen LogP contribution >= 0.6 is 0 Å². The molecule has 162 valence electrons. The second-order valence-corrected chi connectivity index (χ2v) is 7.27. The van der Waals surface area contributed by atoms with Crippen LogP contribution in [0.15, 0.2) is 24.4 Å². The highest BCUT2D eigenvalue weighted by molar-refractivity contribution is 5.87. The van der Waals surface area contributed by atoms with Crippen molar-refractivity contribution >= 4 is 11.8 Å². The van der Waals surface area contributed by atoms with Crippen molar-refractivity contribution in [1.82, 2.24) is 9.61 Å². The smallest absolute Gasteiger partial charge is 0.154 e. The predicted octanol–water partition coefficient (Wildman–Crippen LogP) is 8.33. The van der Waals surface area contributed by atoms with Gasteiger partial charge in [0.1, 0.15) is 0 Å². The molecule has 2 aromatic rings. The Labute approximate surface area is 174 Å². The summed E-state index contributed by atoms with van der Waals surface area (Å²) in [6.07, 6.45) is 10.6. The van der Waals surface area contributed by atoms with E-state index >= 15 is 0 Å². The van der Waals surface area contributed by atoms with Crippen molar-refractivity contribution in [3.05, 3.63) is 35.7 Å². The van der Waals surface area contributed by atoms with Crippen LogP contribution in [0.2, 0.25) is 0 Å².